The molecule has 0 radical (unpaired) electrons. The summed E-state index contributed by atoms with van der Waals surface area (Å²) in [5.41, 5.74) is 0.0685. The second-order valence-electron chi connectivity index (χ2n) is 6.62. The zero-order chi connectivity index (χ0) is 14.0. The van der Waals surface area contributed by atoms with Crippen LogP contribution in [0.1, 0.15) is 58.4 Å². The summed E-state index contributed by atoms with van der Waals surface area (Å²) < 4.78 is 8.23. The predicted octanol–water partition coefficient (Wildman–Crippen LogP) is 2.91. The molecule has 1 aliphatic carbocycles. The molecule has 0 spiro atoms. The Morgan fingerprint density at radius 3 is 3.05 bits per heavy atom. The largest absolute Gasteiger partial charge is 0.375 e. The number of aromatic nitrogens is 2. The van der Waals surface area contributed by atoms with Gasteiger partial charge in [-0.05, 0) is 45.4 Å². The van der Waals surface area contributed by atoms with Crippen molar-refractivity contribution in [3.8, 4) is 0 Å². The van der Waals surface area contributed by atoms with E-state index in [0.717, 1.165) is 25.9 Å². The molecule has 2 heterocycles. The smallest absolute Gasteiger partial charge is 0.0949 e. The van der Waals surface area contributed by atoms with E-state index in [1.807, 2.05) is 12.5 Å². The maximum atomic E-state index is 5.95. The maximum Gasteiger partial charge on any atom is 0.0949 e. The molecule has 3 rings (SSSR count). The second kappa shape index (κ2) is 5.86. The first-order valence-corrected chi connectivity index (χ1v) is 8.08. The molecular weight excluding hydrogens is 250 g/mol. The van der Waals surface area contributed by atoms with Gasteiger partial charge in [-0.15, -0.1) is 0 Å². The topological polar surface area (TPSA) is 39.1 Å². The molecule has 1 aliphatic heterocycles. The van der Waals surface area contributed by atoms with Crippen LogP contribution in [0.3, 0.4) is 0 Å². The van der Waals surface area contributed by atoms with E-state index in [1.54, 1.807) is 0 Å². The predicted molar refractivity (Wildman–Crippen MR) is 79.7 cm³/mol. The lowest BCUT2D eigenvalue weighted by molar-refractivity contribution is -0.0794. The molecule has 1 aromatic rings. The Kier molecular flexibility index (Phi) is 4.13. The SMILES string of the molecule is CCC1(C)CC(NC2CCCC2n2ccnc2)CCO1. The fourth-order valence-electron chi connectivity index (χ4n) is 3.78. The Balaban J connectivity index is 1.62. The highest BCUT2D eigenvalue weighted by atomic mass is 16.5. The van der Waals surface area contributed by atoms with E-state index in [9.17, 15) is 0 Å². The zero-order valence-corrected chi connectivity index (χ0v) is 12.7. The highest BCUT2D eigenvalue weighted by Crippen LogP contribution is 2.33. The summed E-state index contributed by atoms with van der Waals surface area (Å²) in [6.45, 7) is 5.37. The Bertz CT molecular complexity index is 419. The standard InChI is InChI=1S/C16H27N3O/c1-3-16(2)11-13(7-10-20-16)18-14-5-4-6-15(14)19-9-8-17-12-19/h8-9,12-15,18H,3-7,10-11H2,1-2H3. The quantitative estimate of drug-likeness (QED) is 0.919. The molecular formula is C16H27N3O. The normalized spacial score (nSPS) is 38.2. The van der Waals surface area contributed by atoms with E-state index in [4.69, 9.17) is 4.74 Å². The highest BCUT2D eigenvalue weighted by molar-refractivity contribution is 4.95. The minimum absolute atomic E-state index is 0.0685. The first-order chi connectivity index (χ1) is 9.70. The summed E-state index contributed by atoms with van der Waals surface area (Å²) in [5, 5.41) is 3.92. The molecule has 0 bridgehead atoms. The van der Waals surface area contributed by atoms with Gasteiger partial charge in [0.05, 0.1) is 11.9 Å². The lowest BCUT2D eigenvalue weighted by Crippen LogP contribution is -2.49. The van der Waals surface area contributed by atoms with Crippen LogP contribution in [-0.2, 0) is 4.74 Å². The van der Waals surface area contributed by atoms with Crippen LogP contribution in [0, 0.1) is 0 Å². The van der Waals surface area contributed by atoms with Crippen molar-refractivity contribution >= 4 is 0 Å². The first-order valence-electron chi connectivity index (χ1n) is 8.08. The van der Waals surface area contributed by atoms with E-state index in [-0.39, 0.29) is 5.60 Å². The van der Waals surface area contributed by atoms with Gasteiger partial charge in [-0.1, -0.05) is 6.92 Å². The minimum Gasteiger partial charge on any atom is -0.375 e. The van der Waals surface area contributed by atoms with Gasteiger partial charge in [0.1, 0.15) is 0 Å². The van der Waals surface area contributed by atoms with E-state index in [0.29, 0.717) is 18.1 Å². The third-order valence-electron chi connectivity index (χ3n) is 5.18. The Labute approximate surface area is 121 Å². The number of nitrogens with one attached hydrogen (secondary N) is 1. The molecule has 4 heteroatoms. The van der Waals surface area contributed by atoms with Crippen molar-refractivity contribution in [3.05, 3.63) is 18.7 Å². The molecule has 4 nitrogen and oxygen atoms in total. The second-order valence-corrected chi connectivity index (χ2v) is 6.62. The summed E-state index contributed by atoms with van der Waals surface area (Å²) in [5.74, 6) is 0. The maximum absolute atomic E-state index is 5.95. The number of hydrogen-bond acceptors (Lipinski definition) is 3. The number of hydrogen-bond donors (Lipinski definition) is 1. The average Bonchev–Trinajstić information content (AvgIpc) is 3.09. The van der Waals surface area contributed by atoms with Crippen molar-refractivity contribution in [3.63, 3.8) is 0 Å². The lowest BCUT2D eigenvalue weighted by atomic mass is 9.89. The molecule has 4 atom stereocenters. The van der Waals surface area contributed by atoms with E-state index < -0.39 is 0 Å². The monoisotopic (exact) mass is 277 g/mol. The molecule has 0 aromatic carbocycles. The lowest BCUT2D eigenvalue weighted by Gasteiger charge is -2.40. The molecule has 1 saturated carbocycles. The van der Waals surface area contributed by atoms with Gasteiger partial charge in [-0.2, -0.15) is 0 Å². The zero-order valence-electron chi connectivity index (χ0n) is 12.7. The third-order valence-corrected chi connectivity index (χ3v) is 5.18. The Morgan fingerprint density at radius 1 is 1.40 bits per heavy atom. The van der Waals surface area contributed by atoms with E-state index in [1.165, 1.54) is 19.3 Å². The average molecular weight is 277 g/mol. The molecule has 1 N–H and O–H groups in total. The van der Waals surface area contributed by atoms with Gasteiger partial charge < -0.3 is 14.6 Å². The van der Waals surface area contributed by atoms with Crippen molar-refractivity contribution in [2.45, 2.75) is 76.1 Å². The van der Waals surface area contributed by atoms with E-state index >= 15 is 0 Å². The van der Waals surface area contributed by atoms with Gasteiger partial charge in [-0.25, -0.2) is 4.98 Å². The molecule has 1 aromatic heterocycles. The van der Waals surface area contributed by atoms with Gasteiger partial charge in [-0.3, -0.25) is 0 Å². The Morgan fingerprint density at radius 2 is 2.30 bits per heavy atom. The number of imidazole rings is 1. The van der Waals surface area contributed by atoms with Crippen LogP contribution in [0.4, 0.5) is 0 Å². The van der Waals surface area contributed by atoms with Crippen LogP contribution in [-0.4, -0.2) is 33.8 Å². The molecule has 20 heavy (non-hydrogen) atoms. The number of rotatable bonds is 4. The van der Waals surface area contributed by atoms with Crippen LogP contribution < -0.4 is 5.32 Å². The minimum atomic E-state index is 0.0685. The van der Waals surface area contributed by atoms with Crippen molar-refractivity contribution < 1.29 is 4.74 Å². The summed E-state index contributed by atoms with van der Waals surface area (Å²) >= 11 is 0. The van der Waals surface area contributed by atoms with Crippen LogP contribution in [0.2, 0.25) is 0 Å². The molecule has 2 aliphatic rings. The fourth-order valence-corrected chi connectivity index (χ4v) is 3.78. The molecule has 1 saturated heterocycles. The summed E-state index contributed by atoms with van der Waals surface area (Å²) in [4.78, 5) is 4.20. The summed E-state index contributed by atoms with van der Waals surface area (Å²) in [6.07, 6.45) is 13.2. The van der Waals surface area contributed by atoms with Gasteiger partial charge in [0.25, 0.3) is 0 Å². The van der Waals surface area contributed by atoms with Gasteiger partial charge in [0.15, 0.2) is 0 Å². The Hall–Kier alpha value is -0.870. The molecule has 4 unspecified atom stereocenters. The van der Waals surface area contributed by atoms with Crippen molar-refractivity contribution in [2.24, 2.45) is 0 Å². The van der Waals surface area contributed by atoms with E-state index in [2.05, 4.69) is 34.9 Å². The summed E-state index contributed by atoms with van der Waals surface area (Å²) in [7, 11) is 0. The molecule has 0 amide bonds. The highest BCUT2D eigenvalue weighted by Gasteiger charge is 2.35. The third kappa shape index (κ3) is 2.91. The van der Waals surface area contributed by atoms with Crippen molar-refractivity contribution in [2.75, 3.05) is 6.61 Å². The molecule has 2 fully saturated rings. The molecule has 112 valence electrons. The fraction of sp³-hybridized carbons (Fsp3) is 0.812. The van der Waals surface area contributed by atoms with Crippen LogP contribution in [0.5, 0.6) is 0 Å². The number of nitrogens with zero attached hydrogens (tertiary/aromatic N) is 2. The summed E-state index contributed by atoms with van der Waals surface area (Å²) in [6, 6.07) is 1.77. The van der Waals surface area contributed by atoms with Crippen LogP contribution in [0.25, 0.3) is 0 Å². The van der Waals surface area contributed by atoms with Crippen molar-refractivity contribution in [1.82, 2.24) is 14.9 Å². The van der Waals surface area contributed by atoms with Gasteiger partial charge in [0.2, 0.25) is 0 Å². The van der Waals surface area contributed by atoms with Gasteiger partial charge in [0, 0.05) is 37.1 Å². The van der Waals surface area contributed by atoms with Crippen molar-refractivity contribution in [1.29, 1.82) is 0 Å². The van der Waals surface area contributed by atoms with Gasteiger partial charge >= 0.3 is 0 Å². The first kappa shape index (κ1) is 14.1. The van der Waals surface area contributed by atoms with Crippen LogP contribution >= 0.6 is 0 Å². The van der Waals surface area contributed by atoms with Crippen LogP contribution in [0.15, 0.2) is 18.7 Å². The number of ether oxygens (including phenoxy) is 1.